The Morgan fingerprint density at radius 2 is 1.65 bits per heavy atom. The fourth-order valence-electron chi connectivity index (χ4n) is 5.85. The van der Waals surface area contributed by atoms with Crippen LogP contribution in [0.15, 0.2) is 48.9 Å². The van der Waals surface area contributed by atoms with E-state index in [0.717, 1.165) is 32.1 Å². The monoisotopic (exact) mass is 701 g/mol. The molecular weight excluding hydrogens is 657 g/mol. The number of hydrogen-bond donors (Lipinski definition) is 2. The lowest BCUT2D eigenvalue weighted by Crippen LogP contribution is -2.44. The Morgan fingerprint density at radius 3 is 2.33 bits per heavy atom. The van der Waals surface area contributed by atoms with Crippen LogP contribution in [0.25, 0.3) is 11.2 Å². The minimum atomic E-state index is -4.39. The van der Waals surface area contributed by atoms with E-state index >= 15 is 0 Å². The highest BCUT2D eigenvalue weighted by Crippen LogP contribution is 2.49. The third-order valence-corrected chi connectivity index (χ3v) is 10.1. The summed E-state index contributed by atoms with van der Waals surface area (Å²) in [7, 11) is -4.39. The zero-order valence-corrected chi connectivity index (χ0v) is 29.0. The summed E-state index contributed by atoms with van der Waals surface area (Å²) in [4.78, 5) is 47.3. The normalized spacial score (nSPS) is 23.7. The number of pyridine rings is 1. The van der Waals surface area contributed by atoms with Crippen LogP contribution < -0.4 is 15.3 Å². The summed E-state index contributed by atoms with van der Waals surface area (Å²) in [6, 6.07) is 8.83. The van der Waals surface area contributed by atoms with Crippen molar-refractivity contribution in [3.05, 3.63) is 48.9 Å². The Kier molecular flexibility index (Phi) is 11.9. The quantitative estimate of drug-likeness (QED) is 0.130. The number of carbonyl (C=O) groups excluding carboxylic acids is 3. The zero-order chi connectivity index (χ0) is 35.1. The molecule has 1 saturated carbocycles. The van der Waals surface area contributed by atoms with E-state index in [1.165, 1.54) is 24.0 Å². The predicted octanol–water partition coefficient (Wildman–Crippen LogP) is 5.00. The molecule has 1 saturated heterocycles. The van der Waals surface area contributed by atoms with Crippen LogP contribution in [-0.4, -0.2) is 69.0 Å². The van der Waals surface area contributed by atoms with Gasteiger partial charge in [0.1, 0.15) is 29.5 Å². The third kappa shape index (κ3) is 8.77. The average Bonchev–Trinajstić information content (AvgIpc) is 3.67. The Hall–Kier alpha value is -4.04. The van der Waals surface area contributed by atoms with E-state index in [1.807, 2.05) is 0 Å². The summed E-state index contributed by atoms with van der Waals surface area (Å²) in [6.07, 6.45) is 1.50. The van der Waals surface area contributed by atoms with Crippen LogP contribution in [0.2, 0.25) is 0 Å². The van der Waals surface area contributed by atoms with Gasteiger partial charge in [0.15, 0.2) is 24.1 Å². The second kappa shape index (κ2) is 16.1. The van der Waals surface area contributed by atoms with Crippen LogP contribution in [0.3, 0.4) is 0 Å². The highest BCUT2D eigenvalue weighted by atomic mass is 31.2. The zero-order valence-electron chi connectivity index (χ0n) is 28.1. The number of esters is 3. The smallest absolute Gasteiger partial charge is 0.459 e. The number of carbonyl (C=O) groups is 3. The second-order valence-electron chi connectivity index (χ2n) is 12.1. The van der Waals surface area contributed by atoms with Crippen LogP contribution in [0.1, 0.15) is 78.9 Å². The van der Waals surface area contributed by atoms with E-state index in [9.17, 15) is 18.9 Å². The van der Waals surface area contributed by atoms with Crippen LogP contribution in [0.4, 0.5) is 5.69 Å². The number of aromatic nitrogens is 3. The van der Waals surface area contributed by atoms with Crippen LogP contribution in [0, 0.1) is 0 Å². The lowest BCUT2D eigenvalue weighted by molar-refractivity contribution is -0.168. The lowest BCUT2D eigenvalue weighted by atomic mass is 9.98. The first-order valence-electron chi connectivity index (χ1n) is 16.6. The summed E-state index contributed by atoms with van der Waals surface area (Å²) >= 11 is 0. The number of ether oxygens (including phenoxy) is 4. The molecule has 5 rings (SSSR count). The van der Waals surface area contributed by atoms with Crippen molar-refractivity contribution >= 4 is 42.5 Å². The van der Waals surface area contributed by atoms with Crippen molar-refractivity contribution in [2.45, 2.75) is 115 Å². The number of para-hydroxylation sites is 1. The largest absolute Gasteiger partial charge is 0.461 e. The topological polar surface area (TPSA) is 192 Å². The molecule has 0 radical (unpaired) electrons. The van der Waals surface area contributed by atoms with E-state index in [1.54, 1.807) is 57.2 Å². The Bertz CT molecular complexity index is 1650. The van der Waals surface area contributed by atoms with Crippen LogP contribution >= 0.6 is 7.75 Å². The average molecular weight is 702 g/mol. The molecule has 1 aliphatic carbocycles. The molecule has 0 amide bonds. The summed E-state index contributed by atoms with van der Waals surface area (Å²) in [5.74, 6) is -1.56. The van der Waals surface area contributed by atoms with Crippen molar-refractivity contribution in [1.29, 1.82) is 0 Å². The molecule has 2 aliphatic rings. The number of nitrogens with zero attached hydrogens (tertiary/aromatic N) is 3. The van der Waals surface area contributed by atoms with Crippen molar-refractivity contribution in [3.63, 3.8) is 0 Å². The van der Waals surface area contributed by atoms with Crippen LogP contribution in [-0.2, 0) is 42.4 Å². The minimum Gasteiger partial charge on any atom is -0.461 e. The first-order chi connectivity index (χ1) is 23.5. The van der Waals surface area contributed by atoms with Crippen molar-refractivity contribution in [1.82, 2.24) is 19.6 Å². The maximum Gasteiger partial charge on any atom is 0.459 e. The van der Waals surface area contributed by atoms with Gasteiger partial charge in [-0.25, -0.2) is 14.5 Å². The minimum absolute atomic E-state index is 0.0153. The van der Waals surface area contributed by atoms with Crippen molar-refractivity contribution < 1.29 is 46.9 Å². The molecule has 0 bridgehead atoms. The van der Waals surface area contributed by atoms with E-state index in [2.05, 4.69) is 15.1 Å². The Balaban J connectivity index is 1.46. The number of anilines is 1. The summed E-state index contributed by atoms with van der Waals surface area (Å²) < 4.78 is 51.9. The van der Waals surface area contributed by atoms with E-state index in [-0.39, 0.29) is 24.7 Å². The number of rotatable bonds is 14. The molecule has 1 aliphatic heterocycles. The SMILES string of the molecule is CCC(=O)OC1C(OC(=O)CC)[C@H](n2cnc3c(N)ccnc32)O[C@@H]1C(C)OP(=O)(NC(C)C(=O)OC1CCCCC1)Oc1ccccc1. The lowest BCUT2D eigenvalue weighted by Gasteiger charge is -2.30. The summed E-state index contributed by atoms with van der Waals surface area (Å²) in [5, 5.41) is 2.72. The molecule has 5 unspecified atom stereocenters. The number of fused-ring (bicyclic) bond motifs is 1. The van der Waals surface area contributed by atoms with E-state index in [0.29, 0.717) is 16.9 Å². The molecule has 16 heteroatoms. The van der Waals surface area contributed by atoms with Gasteiger partial charge in [0.25, 0.3) is 0 Å². The third-order valence-electron chi connectivity index (χ3n) is 8.38. The number of nitrogens with two attached hydrogens (primary N) is 1. The van der Waals surface area contributed by atoms with Gasteiger partial charge in [-0.2, -0.15) is 5.09 Å². The molecule has 1 aromatic carbocycles. The number of imidazole rings is 1. The standard InChI is InChI=1S/C33H44N5O10P/c1-5-25(39)44-29-28(46-32(30(29)45-26(40)6-2)38-19-36-27-24(34)17-18-35-31(27)38)21(4)47-49(42,48-23-15-11-8-12-16-23)37-20(3)33(41)43-22-13-9-7-10-14-22/h8,11-12,15-22,28-30,32H,5-7,9-10,13-14H2,1-4H3,(H2,34,35)(H,37,42)/t20?,21?,28-,29?,30?,32-,49?/m1/s1. The molecular formula is C33H44N5O10P. The molecule has 49 heavy (non-hydrogen) atoms. The second-order valence-corrected chi connectivity index (χ2v) is 13.7. The molecule has 3 aromatic rings. The van der Waals surface area contributed by atoms with Gasteiger partial charge in [0.2, 0.25) is 0 Å². The first-order valence-corrected chi connectivity index (χ1v) is 18.2. The Morgan fingerprint density at radius 1 is 0.980 bits per heavy atom. The summed E-state index contributed by atoms with van der Waals surface area (Å²) in [6.45, 7) is 6.31. The van der Waals surface area contributed by atoms with Gasteiger partial charge in [-0.15, -0.1) is 0 Å². The van der Waals surface area contributed by atoms with Crippen molar-refractivity contribution in [3.8, 4) is 5.75 Å². The first kappa shape index (κ1) is 36.2. The highest BCUT2D eigenvalue weighted by molar-refractivity contribution is 7.52. The maximum absolute atomic E-state index is 14.5. The fraction of sp³-hybridized carbons (Fsp3) is 0.545. The molecule has 15 nitrogen and oxygen atoms in total. The molecule has 266 valence electrons. The van der Waals surface area contributed by atoms with Gasteiger partial charge in [-0.3, -0.25) is 23.5 Å². The van der Waals surface area contributed by atoms with Gasteiger partial charge >= 0.3 is 25.7 Å². The number of hydrogen-bond acceptors (Lipinski definition) is 13. The number of benzene rings is 1. The van der Waals surface area contributed by atoms with E-state index in [4.69, 9.17) is 33.7 Å². The van der Waals surface area contributed by atoms with E-state index < -0.39 is 62.3 Å². The van der Waals surface area contributed by atoms with Gasteiger partial charge in [-0.1, -0.05) is 38.5 Å². The van der Waals surface area contributed by atoms with Gasteiger partial charge in [0, 0.05) is 19.0 Å². The van der Waals surface area contributed by atoms with Gasteiger partial charge in [0.05, 0.1) is 18.1 Å². The van der Waals surface area contributed by atoms with Crippen LogP contribution in [0.5, 0.6) is 5.75 Å². The molecule has 0 spiro atoms. The molecule has 7 atom stereocenters. The van der Waals surface area contributed by atoms with Gasteiger partial charge in [-0.05, 0) is 57.7 Å². The number of nitrogen functional groups attached to an aromatic ring is 1. The van der Waals surface area contributed by atoms with Crippen molar-refractivity contribution in [2.75, 3.05) is 5.73 Å². The molecule has 3 heterocycles. The fourth-order valence-corrected chi connectivity index (χ4v) is 7.55. The maximum atomic E-state index is 14.5. The summed E-state index contributed by atoms with van der Waals surface area (Å²) in [5.41, 5.74) is 7.21. The molecule has 2 aromatic heterocycles. The Labute approximate surface area is 284 Å². The van der Waals surface area contributed by atoms with Gasteiger partial charge < -0.3 is 29.2 Å². The number of nitrogens with one attached hydrogen (secondary N) is 1. The van der Waals surface area contributed by atoms with Crippen molar-refractivity contribution in [2.24, 2.45) is 0 Å². The molecule has 3 N–H and O–H groups in total. The predicted molar refractivity (Wildman–Crippen MR) is 177 cm³/mol. The molecule has 2 fully saturated rings. The highest BCUT2D eigenvalue weighted by Gasteiger charge is 2.54.